The van der Waals surface area contributed by atoms with Gasteiger partial charge in [0.15, 0.2) is 0 Å². The van der Waals surface area contributed by atoms with Gasteiger partial charge in [0, 0.05) is 21.2 Å². The Hall–Kier alpha value is -0.620. The normalized spacial score (nSPS) is 18.1. The molecule has 1 aliphatic carbocycles. The van der Waals surface area contributed by atoms with E-state index in [1.165, 1.54) is 12.0 Å². The Labute approximate surface area is 128 Å². The number of benzene rings is 1. The molecule has 1 amide bonds. The van der Waals surface area contributed by atoms with Gasteiger partial charge in [-0.25, -0.2) is 0 Å². The van der Waals surface area contributed by atoms with Crippen LogP contribution in [0.4, 0.5) is 5.69 Å². The van der Waals surface area contributed by atoms with Crippen LogP contribution >= 0.6 is 22.6 Å². The van der Waals surface area contributed by atoms with E-state index in [1.807, 2.05) is 18.2 Å². The maximum Gasteiger partial charge on any atom is 0.226 e. The van der Waals surface area contributed by atoms with Gasteiger partial charge in [-0.1, -0.05) is 25.3 Å². The van der Waals surface area contributed by atoms with E-state index in [0.29, 0.717) is 6.42 Å². The minimum atomic E-state index is -0.291. The van der Waals surface area contributed by atoms with E-state index in [1.54, 1.807) is 0 Å². The van der Waals surface area contributed by atoms with Crippen LogP contribution in [0.25, 0.3) is 0 Å². The minimum Gasteiger partial charge on any atom is -0.326 e. The second-order valence-corrected chi connectivity index (χ2v) is 6.77. The second-order valence-electron chi connectivity index (χ2n) is 5.61. The van der Waals surface area contributed by atoms with E-state index < -0.39 is 0 Å². The standard InChI is InChI=1S/C15H21IN2O/c1-11-5-6-12(9-13(11)16)18-14(19)10-15(17)7-3-2-4-8-15/h5-6,9H,2-4,7-8,10,17H2,1H3,(H,18,19). The van der Waals surface area contributed by atoms with Crippen molar-refractivity contribution in [1.29, 1.82) is 0 Å². The number of halogens is 1. The number of carbonyl (C=O) groups excluding carboxylic acids is 1. The van der Waals surface area contributed by atoms with Gasteiger partial charge in [0.2, 0.25) is 5.91 Å². The van der Waals surface area contributed by atoms with Crippen molar-refractivity contribution < 1.29 is 4.79 Å². The van der Waals surface area contributed by atoms with E-state index in [0.717, 1.165) is 34.9 Å². The van der Waals surface area contributed by atoms with Crippen LogP contribution in [0, 0.1) is 10.5 Å². The van der Waals surface area contributed by atoms with Crippen LogP contribution in [0.5, 0.6) is 0 Å². The highest BCUT2D eigenvalue weighted by atomic mass is 127. The molecule has 0 saturated heterocycles. The summed E-state index contributed by atoms with van der Waals surface area (Å²) >= 11 is 2.28. The molecule has 0 unspecified atom stereocenters. The smallest absolute Gasteiger partial charge is 0.226 e. The van der Waals surface area contributed by atoms with Crippen LogP contribution in [-0.4, -0.2) is 11.4 Å². The van der Waals surface area contributed by atoms with Crippen molar-refractivity contribution in [3.8, 4) is 0 Å². The van der Waals surface area contributed by atoms with Crippen molar-refractivity contribution >= 4 is 34.2 Å². The summed E-state index contributed by atoms with van der Waals surface area (Å²) in [5.74, 6) is 0.0315. The Bertz CT molecular complexity index is 467. The lowest BCUT2D eigenvalue weighted by molar-refractivity contribution is -0.117. The van der Waals surface area contributed by atoms with Crippen LogP contribution in [0.1, 0.15) is 44.1 Å². The highest BCUT2D eigenvalue weighted by Gasteiger charge is 2.29. The number of nitrogens with two attached hydrogens (primary N) is 1. The molecule has 2 rings (SSSR count). The molecule has 1 aromatic carbocycles. The Kier molecular flexibility index (Phi) is 4.84. The first kappa shape index (κ1) is 14.8. The number of carbonyl (C=O) groups is 1. The van der Waals surface area contributed by atoms with Crippen molar-refractivity contribution in [1.82, 2.24) is 0 Å². The average Bonchev–Trinajstić information content (AvgIpc) is 2.34. The third kappa shape index (κ3) is 4.18. The molecule has 0 bridgehead atoms. The van der Waals surface area contributed by atoms with Gasteiger partial charge in [-0.15, -0.1) is 0 Å². The monoisotopic (exact) mass is 372 g/mol. The largest absolute Gasteiger partial charge is 0.326 e. The molecule has 1 saturated carbocycles. The fourth-order valence-corrected chi connectivity index (χ4v) is 3.14. The van der Waals surface area contributed by atoms with Gasteiger partial charge in [0.25, 0.3) is 0 Å². The summed E-state index contributed by atoms with van der Waals surface area (Å²) in [6.07, 6.45) is 5.89. The predicted molar refractivity (Wildman–Crippen MR) is 87.1 cm³/mol. The summed E-state index contributed by atoms with van der Waals surface area (Å²) in [5, 5.41) is 2.96. The second kappa shape index (κ2) is 6.22. The Morgan fingerprint density at radius 1 is 1.37 bits per heavy atom. The zero-order valence-corrected chi connectivity index (χ0v) is 13.5. The Balaban J connectivity index is 1.95. The summed E-state index contributed by atoms with van der Waals surface area (Å²) in [6, 6.07) is 5.97. The topological polar surface area (TPSA) is 55.1 Å². The van der Waals surface area contributed by atoms with Crippen LogP contribution in [0.15, 0.2) is 18.2 Å². The highest BCUT2D eigenvalue weighted by Crippen LogP contribution is 2.29. The molecular formula is C15H21IN2O. The van der Waals surface area contributed by atoms with Gasteiger partial charge in [-0.05, 0) is 60.1 Å². The zero-order chi connectivity index (χ0) is 13.9. The highest BCUT2D eigenvalue weighted by molar-refractivity contribution is 14.1. The molecule has 0 aliphatic heterocycles. The lowest BCUT2D eigenvalue weighted by Crippen LogP contribution is -2.44. The molecule has 1 aliphatic rings. The molecule has 4 heteroatoms. The first-order valence-corrected chi connectivity index (χ1v) is 7.91. The SMILES string of the molecule is Cc1ccc(NC(=O)CC2(N)CCCCC2)cc1I. The molecule has 0 radical (unpaired) electrons. The van der Waals surface area contributed by atoms with Crippen molar-refractivity contribution in [3.63, 3.8) is 0 Å². The summed E-state index contributed by atoms with van der Waals surface area (Å²) in [7, 11) is 0. The van der Waals surface area contributed by atoms with Crippen molar-refractivity contribution in [2.24, 2.45) is 5.73 Å². The van der Waals surface area contributed by atoms with E-state index in [-0.39, 0.29) is 11.4 Å². The predicted octanol–water partition coefficient (Wildman–Crippen LogP) is 3.59. The van der Waals surface area contributed by atoms with E-state index in [2.05, 4.69) is 34.8 Å². The van der Waals surface area contributed by atoms with Gasteiger partial charge >= 0.3 is 0 Å². The third-order valence-corrected chi connectivity index (χ3v) is 4.98. The van der Waals surface area contributed by atoms with Crippen molar-refractivity contribution in [2.45, 2.75) is 51.0 Å². The van der Waals surface area contributed by atoms with Crippen molar-refractivity contribution in [3.05, 3.63) is 27.3 Å². The molecule has 0 heterocycles. The number of nitrogens with one attached hydrogen (secondary N) is 1. The molecule has 1 fully saturated rings. The summed E-state index contributed by atoms with van der Waals surface area (Å²) in [5.41, 5.74) is 8.10. The fourth-order valence-electron chi connectivity index (χ4n) is 2.63. The number of hydrogen-bond donors (Lipinski definition) is 2. The molecule has 19 heavy (non-hydrogen) atoms. The maximum absolute atomic E-state index is 12.1. The van der Waals surface area contributed by atoms with Crippen molar-refractivity contribution in [2.75, 3.05) is 5.32 Å². The van der Waals surface area contributed by atoms with E-state index >= 15 is 0 Å². The average molecular weight is 372 g/mol. The molecule has 0 atom stereocenters. The van der Waals surface area contributed by atoms with Gasteiger partial charge in [-0.2, -0.15) is 0 Å². The number of rotatable bonds is 3. The number of amides is 1. The molecule has 0 aromatic heterocycles. The quantitative estimate of drug-likeness (QED) is 0.797. The number of anilines is 1. The lowest BCUT2D eigenvalue weighted by atomic mass is 9.80. The summed E-state index contributed by atoms with van der Waals surface area (Å²) in [4.78, 5) is 12.1. The third-order valence-electron chi connectivity index (χ3n) is 3.82. The molecule has 104 valence electrons. The number of aryl methyl sites for hydroxylation is 1. The Morgan fingerprint density at radius 2 is 2.05 bits per heavy atom. The van der Waals surface area contributed by atoms with Crippen LogP contribution < -0.4 is 11.1 Å². The summed E-state index contributed by atoms with van der Waals surface area (Å²) < 4.78 is 1.16. The van der Waals surface area contributed by atoms with Gasteiger partial charge in [-0.3, -0.25) is 4.79 Å². The Morgan fingerprint density at radius 3 is 2.68 bits per heavy atom. The molecule has 1 aromatic rings. The van der Waals surface area contributed by atoms with Crippen LogP contribution in [0.3, 0.4) is 0 Å². The molecular weight excluding hydrogens is 351 g/mol. The molecule has 3 nitrogen and oxygen atoms in total. The molecule has 3 N–H and O–H groups in total. The zero-order valence-electron chi connectivity index (χ0n) is 11.3. The van der Waals surface area contributed by atoms with Gasteiger partial charge in [0.05, 0.1) is 0 Å². The summed E-state index contributed by atoms with van der Waals surface area (Å²) in [6.45, 7) is 2.06. The first-order chi connectivity index (χ1) is 8.98. The number of hydrogen-bond acceptors (Lipinski definition) is 2. The fraction of sp³-hybridized carbons (Fsp3) is 0.533. The van der Waals surface area contributed by atoms with E-state index in [4.69, 9.17) is 5.73 Å². The van der Waals surface area contributed by atoms with Crippen LogP contribution in [0.2, 0.25) is 0 Å². The maximum atomic E-state index is 12.1. The van der Waals surface area contributed by atoms with E-state index in [9.17, 15) is 4.79 Å². The lowest BCUT2D eigenvalue weighted by Gasteiger charge is -2.32. The van der Waals surface area contributed by atoms with Crippen LogP contribution in [-0.2, 0) is 4.79 Å². The molecule has 0 spiro atoms. The minimum absolute atomic E-state index is 0.0315. The first-order valence-electron chi connectivity index (χ1n) is 6.83. The van der Waals surface area contributed by atoms with Gasteiger partial charge < -0.3 is 11.1 Å². The van der Waals surface area contributed by atoms with Gasteiger partial charge in [0.1, 0.15) is 0 Å².